The number of aromatic nitrogens is 3. The highest BCUT2D eigenvalue weighted by Crippen LogP contribution is 2.39. The molecule has 0 spiro atoms. The fourth-order valence-electron chi connectivity index (χ4n) is 7.64. The average molecular weight is 560 g/mol. The molecule has 1 aromatic heterocycles. The lowest BCUT2D eigenvalue weighted by Gasteiger charge is -2.59. The minimum absolute atomic E-state index is 0.0149. The Bertz CT molecular complexity index is 1120. The maximum Gasteiger partial charge on any atom is 0.320 e. The third-order valence-electron chi connectivity index (χ3n) is 9.53. The van der Waals surface area contributed by atoms with Crippen LogP contribution in [0.2, 0.25) is 0 Å². The number of nitrogens with zero attached hydrogens (tertiary/aromatic N) is 6. The van der Waals surface area contributed by atoms with Gasteiger partial charge in [0.2, 0.25) is 5.91 Å². The third kappa shape index (κ3) is 4.90. The minimum Gasteiger partial charge on any atom is -0.338 e. The van der Waals surface area contributed by atoms with E-state index in [0.29, 0.717) is 26.1 Å². The van der Waals surface area contributed by atoms with E-state index in [1.807, 2.05) is 11.1 Å². The van der Waals surface area contributed by atoms with Crippen molar-refractivity contribution in [2.24, 2.45) is 17.8 Å². The number of ether oxygens (including phenoxy) is 1. The Balaban J connectivity index is 1.36. The molecule has 4 saturated heterocycles. The van der Waals surface area contributed by atoms with Crippen molar-refractivity contribution in [2.75, 3.05) is 26.2 Å². The second kappa shape index (κ2) is 11.0. The lowest BCUT2D eigenvalue weighted by molar-refractivity contribution is -0.147. The Hall–Kier alpha value is -2.61. The number of amides is 3. The molecule has 40 heavy (non-hydrogen) atoms. The molecule has 4 fully saturated rings. The summed E-state index contributed by atoms with van der Waals surface area (Å²) < 4.78 is 23.4. The van der Waals surface area contributed by atoms with Crippen LogP contribution < -0.4 is 16.0 Å². The van der Waals surface area contributed by atoms with Crippen molar-refractivity contribution in [1.82, 2.24) is 45.6 Å². The minimum atomic E-state index is -1.27. The monoisotopic (exact) mass is 559 g/mol. The number of halogens is 1. The van der Waals surface area contributed by atoms with E-state index in [0.717, 1.165) is 18.7 Å². The van der Waals surface area contributed by atoms with Gasteiger partial charge in [0, 0.05) is 37.6 Å². The fraction of sp³-hybridized carbons (Fsp3) is 0.778. The number of piperazine rings is 1. The predicted octanol–water partition coefficient (Wildman–Crippen LogP) is 0.481. The molecule has 6 heterocycles. The Morgan fingerprint density at radius 1 is 1.30 bits per heavy atom. The molecule has 220 valence electrons. The van der Waals surface area contributed by atoms with Crippen molar-refractivity contribution in [3.63, 3.8) is 0 Å². The summed E-state index contributed by atoms with van der Waals surface area (Å²) >= 11 is 0. The van der Waals surface area contributed by atoms with Gasteiger partial charge in [-0.1, -0.05) is 25.6 Å². The standard InChI is InChI=1S/C27H42FN9O3/c1-5-21(38)34-8-9-36(16(4)12-34)24-19-11-20(28)26-30-25(19)37(27(39)31-24)23-17(6-7-29-22(23)15(2)3)10-18-13-35(14-40-26)33-32-18/h5,13,15-17,19-20,22-26,29-30H,1,6-12,14H2,2-4H3,(H,31,39)/t16-,17?,19?,20?,22?,23?,24?,25?,26?/m0/s1. The van der Waals surface area contributed by atoms with E-state index in [-0.39, 0.29) is 67.1 Å². The van der Waals surface area contributed by atoms with Crippen molar-refractivity contribution < 1.29 is 18.7 Å². The number of carbonyl (C=O) groups excluding carboxylic acids is 2. The lowest BCUT2D eigenvalue weighted by atomic mass is 9.76. The van der Waals surface area contributed by atoms with E-state index in [9.17, 15) is 9.59 Å². The van der Waals surface area contributed by atoms with Gasteiger partial charge in [0.05, 0.1) is 30.3 Å². The van der Waals surface area contributed by atoms with Gasteiger partial charge < -0.3 is 25.2 Å². The molecule has 5 aliphatic rings. The molecular weight excluding hydrogens is 517 g/mol. The van der Waals surface area contributed by atoms with E-state index < -0.39 is 18.6 Å². The summed E-state index contributed by atoms with van der Waals surface area (Å²) in [4.78, 5) is 32.4. The Kier molecular flexibility index (Phi) is 7.57. The van der Waals surface area contributed by atoms with Crippen LogP contribution in [0.4, 0.5) is 9.18 Å². The summed E-state index contributed by atoms with van der Waals surface area (Å²) in [5.74, 6) is 0.125. The van der Waals surface area contributed by atoms with Crippen LogP contribution in [-0.4, -0.2) is 111 Å². The first-order valence-electron chi connectivity index (χ1n) is 14.6. The van der Waals surface area contributed by atoms with Crippen LogP contribution in [0, 0.1) is 17.8 Å². The number of alkyl halides is 1. The maximum absolute atomic E-state index is 15.8. The largest absolute Gasteiger partial charge is 0.338 e. The van der Waals surface area contributed by atoms with Gasteiger partial charge in [0.1, 0.15) is 19.1 Å². The molecule has 13 heteroatoms. The Labute approximate surface area is 234 Å². The van der Waals surface area contributed by atoms with Gasteiger partial charge in [-0.25, -0.2) is 13.9 Å². The molecule has 1 aromatic rings. The third-order valence-corrected chi connectivity index (χ3v) is 9.53. The summed E-state index contributed by atoms with van der Waals surface area (Å²) in [7, 11) is 0. The lowest BCUT2D eigenvalue weighted by Crippen LogP contribution is -2.79. The second-order valence-corrected chi connectivity index (χ2v) is 12.3. The number of urea groups is 1. The van der Waals surface area contributed by atoms with Crippen LogP contribution >= 0.6 is 0 Å². The SMILES string of the molecule is C=CC(=O)N1CCN(C2NC(=O)N3C4NC(OCn5cc(nn5)CC5CCNC(C(C)C)C53)C(F)CC42)[C@@H](C)C1. The van der Waals surface area contributed by atoms with Crippen molar-refractivity contribution >= 4 is 11.9 Å². The second-order valence-electron chi connectivity index (χ2n) is 12.3. The molecule has 9 atom stereocenters. The first-order chi connectivity index (χ1) is 19.2. The zero-order valence-electron chi connectivity index (χ0n) is 23.6. The molecule has 0 aliphatic carbocycles. The quantitative estimate of drug-likeness (QED) is 0.458. The topological polar surface area (TPSA) is 120 Å². The summed E-state index contributed by atoms with van der Waals surface area (Å²) in [5, 5.41) is 19.0. The number of nitrogens with one attached hydrogen (secondary N) is 3. The fourth-order valence-corrected chi connectivity index (χ4v) is 7.64. The zero-order chi connectivity index (χ0) is 28.1. The van der Waals surface area contributed by atoms with Gasteiger partial charge in [0.25, 0.3) is 0 Å². The molecule has 3 N–H and O–H groups in total. The van der Waals surface area contributed by atoms with Gasteiger partial charge in [-0.15, -0.1) is 5.10 Å². The van der Waals surface area contributed by atoms with Crippen LogP contribution in [-0.2, 0) is 22.7 Å². The molecule has 0 aromatic carbocycles. The average Bonchev–Trinajstić information content (AvgIpc) is 3.38. The number of carbonyl (C=O) groups is 2. The van der Waals surface area contributed by atoms with E-state index in [1.54, 1.807) is 9.58 Å². The molecule has 4 bridgehead atoms. The highest BCUT2D eigenvalue weighted by Gasteiger charge is 2.55. The molecule has 12 nitrogen and oxygen atoms in total. The molecule has 3 amide bonds. The first kappa shape index (κ1) is 27.6. The molecule has 5 aliphatic heterocycles. The van der Waals surface area contributed by atoms with E-state index in [1.165, 1.54) is 6.08 Å². The van der Waals surface area contributed by atoms with Crippen molar-refractivity contribution in [3.05, 3.63) is 24.5 Å². The number of rotatable bonds is 3. The van der Waals surface area contributed by atoms with E-state index >= 15 is 4.39 Å². The summed E-state index contributed by atoms with van der Waals surface area (Å²) in [6.07, 6.45) is 2.10. The van der Waals surface area contributed by atoms with Gasteiger partial charge in [-0.2, -0.15) is 0 Å². The van der Waals surface area contributed by atoms with Crippen molar-refractivity contribution in [1.29, 1.82) is 0 Å². The van der Waals surface area contributed by atoms with Gasteiger partial charge in [-0.05, 0) is 50.6 Å². The molecular formula is C27H42FN9O3. The Morgan fingerprint density at radius 3 is 2.88 bits per heavy atom. The van der Waals surface area contributed by atoms with Gasteiger partial charge in [-0.3, -0.25) is 15.0 Å². The molecule has 6 rings (SSSR count). The van der Waals surface area contributed by atoms with Crippen LogP contribution in [0.15, 0.2) is 18.9 Å². The number of piperidine rings is 2. The van der Waals surface area contributed by atoms with Gasteiger partial charge >= 0.3 is 6.03 Å². The van der Waals surface area contributed by atoms with E-state index in [2.05, 4.69) is 58.5 Å². The highest BCUT2D eigenvalue weighted by molar-refractivity contribution is 5.87. The molecule has 0 radical (unpaired) electrons. The van der Waals surface area contributed by atoms with Crippen LogP contribution in [0.5, 0.6) is 0 Å². The van der Waals surface area contributed by atoms with Crippen molar-refractivity contribution in [3.8, 4) is 0 Å². The summed E-state index contributed by atoms with van der Waals surface area (Å²) in [6.45, 7) is 12.6. The summed E-state index contributed by atoms with van der Waals surface area (Å²) in [5.41, 5.74) is 0.853. The molecule has 8 unspecified atom stereocenters. The van der Waals surface area contributed by atoms with E-state index in [4.69, 9.17) is 4.74 Å². The molecule has 0 saturated carbocycles. The summed E-state index contributed by atoms with van der Waals surface area (Å²) in [6, 6.07) is -0.234. The predicted molar refractivity (Wildman–Crippen MR) is 144 cm³/mol. The maximum atomic E-state index is 15.8. The highest BCUT2D eigenvalue weighted by atomic mass is 19.1. The van der Waals surface area contributed by atoms with Crippen LogP contribution in [0.25, 0.3) is 0 Å². The smallest absolute Gasteiger partial charge is 0.320 e. The van der Waals surface area contributed by atoms with Crippen LogP contribution in [0.3, 0.4) is 0 Å². The van der Waals surface area contributed by atoms with Gasteiger partial charge in [0.15, 0.2) is 0 Å². The van der Waals surface area contributed by atoms with Crippen LogP contribution in [0.1, 0.15) is 39.3 Å². The number of hydrogen-bond donors (Lipinski definition) is 3. The number of hydrogen-bond acceptors (Lipinski definition) is 8. The number of fused-ring (bicyclic) bond motifs is 5. The first-order valence-corrected chi connectivity index (χ1v) is 14.6. The normalized spacial score (nSPS) is 38.6. The zero-order valence-corrected chi connectivity index (χ0v) is 23.6. The van der Waals surface area contributed by atoms with Crippen molar-refractivity contribution in [2.45, 2.75) is 89.6 Å². The Morgan fingerprint density at radius 2 is 2.12 bits per heavy atom.